The fourth-order valence-corrected chi connectivity index (χ4v) is 3.63. The minimum Gasteiger partial charge on any atom is -0.468 e. The average Bonchev–Trinajstić information content (AvgIpc) is 2.83. The molecular formula is C15H26N2OS. The van der Waals surface area contributed by atoms with Gasteiger partial charge in [0.15, 0.2) is 0 Å². The Hall–Kier alpha value is -0.450. The molecule has 108 valence electrons. The lowest BCUT2D eigenvalue weighted by atomic mass is 10.1. The first-order chi connectivity index (χ1) is 9.22. The maximum atomic E-state index is 5.69. The van der Waals surface area contributed by atoms with Gasteiger partial charge in [0.25, 0.3) is 0 Å². The maximum Gasteiger partial charge on any atom is 0.122 e. The van der Waals surface area contributed by atoms with Gasteiger partial charge in [0.1, 0.15) is 5.76 Å². The molecule has 1 aliphatic rings. The SMILES string of the molecule is CCCNCc1ccoc1CN1CCSC(C)C1C. The van der Waals surface area contributed by atoms with Crippen LogP contribution in [0.5, 0.6) is 0 Å². The van der Waals surface area contributed by atoms with E-state index in [0.717, 1.165) is 25.4 Å². The Morgan fingerprint density at radius 1 is 1.47 bits per heavy atom. The fraction of sp³-hybridized carbons (Fsp3) is 0.733. The number of thioether (sulfide) groups is 1. The summed E-state index contributed by atoms with van der Waals surface area (Å²) in [6, 6.07) is 2.73. The zero-order valence-corrected chi connectivity index (χ0v) is 13.1. The lowest BCUT2D eigenvalue weighted by Crippen LogP contribution is -2.44. The summed E-state index contributed by atoms with van der Waals surface area (Å²) in [7, 11) is 0. The summed E-state index contributed by atoms with van der Waals surface area (Å²) in [6.07, 6.45) is 3.00. The molecule has 19 heavy (non-hydrogen) atoms. The van der Waals surface area contributed by atoms with Crippen molar-refractivity contribution in [2.75, 3.05) is 18.8 Å². The summed E-state index contributed by atoms with van der Waals surface area (Å²) in [5.74, 6) is 2.37. The third-order valence-electron chi connectivity index (χ3n) is 3.94. The smallest absolute Gasteiger partial charge is 0.122 e. The van der Waals surface area contributed by atoms with Gasteiger partial charge in [-0.05, 0) is 26.0 Å². The monoisotopic (exact) mass is 282 g/mol. The van der Waals surface area contributed by atoms with Crippen LogP contribution in [-0.2, 0) is 13.1 Å². The first-order valence-electron chi connectivity index (χ1n) is 7.34. The van der Waals surface area contributed by atoms with Gasteiger partial charge in [0.05, 0.1) is 12.8 Å². The molecule has 2 heterocycles. The van der Waals surface area contributed by atoms with E-state index in [4.69, 9.17) is 4.42 Å². The van der Waals surface area contributed by atoms with Crippen LogP contribution in [-0.4, -0.2) is 35.0 Å². The number of hydrogen-bond acceptors (Lipinski definition) is 4. The van der Waals surface area contributed by atoms with Crippen LogP contribution in [0.3, 0.4) is 0 Å². The summed E-state index contributed by atoms with van der Waals surface area (Å²) in [5, 5.41) is 4.17. The van der Waals surface area contributed by atoms with Crippen LogP contribution in [0.2, 0.25) is 0 Å². The van der Waals surface area contributed by atoms with Crippen molar-refractivity contribution in [3.05, 3.63) is 23.7 Å². The van der Waals surface area contributed by atoms with E-state index in [9.17, 15) is 0 Å². The van der Waals surface area contributed by atoms with Crippen molar-refractivity contribution in [3.8, 4) is 0 Å². The fourth-order valence-electron chi connectivity index (χ4n) is 2.47. The van der Waals surface area contributed by atoms with Gasteiger partial charge in [-0.2, -0.15) is 11.8 Å². The maximum absolute atomic E-state index is 5.69. The molecule has 2 rings (SSSR count). The first kappa shape index (κ1) is 14.9. The second kappa shape index (κ2) is 7.36. The summed E-state index contributed by atoms with van der Waals surface area (Å²) in [4.78, 5) is 2.54. The van der Waals surface area contributed by atoms with Gasteiger partial charge in [0.2, 0.25) is 0 Å². The third kappa shape index (κ3) is 4.01. The number of hydrogen-bond donors (Lipinski definition) is 1. The summed E-state index contributed by atoms with van der Waals surface area (Å²) in [5.41, 5.74) is 1.31. The molecule has 1 aliphatic heterocycles. The molecule has 0 radical (unpaired) electrons. The minimum atomic E-state index is 0.625. The summed E-state index contributed by atoms with van der Waals surface area (Å²) < 4.78 is 5.69. The molecule has 4 heteroatoms. The van der Waals surface area contributed by atoms with Crippen molar-refractivity contribution in [1.82, 2.24) is 10.2 Å². The van der Waals surface area contributed by atoms with Crippen LogP contribution >= 0.6 is 11.8 Å². The van der Waals surface area contributed by atoms with E-state index in [0.29, 0.717) is 11.3 Å². The van der Waals surface area contributed by atoms with Gasteiger partial charge in [0, 0.05) is 35.7 Å². The molecule has 2 atom stereocenters. The van der Waals surface area contributed by atoms with E-state index in [1.54, 1.807) is 0 Å². The highest BCUT2D eigenvalue weighted by molar-refractivity contribution is 8.00. The average molecular weight is 282 g/mol. The van der Waals surface area contributed by atoms with E-state index in [-0.39, 0.29) is 0 Å². The zero-order valence-electron chi connectivity index (χ0n) is 12.3. The highest BCUT2D eigenvalue weighted by Crippen LogP contribution is 2.26. The molecule has 1 N–H and O–H groups in total. The molecule has 0 amide bonds. The first-order valence-corrected chi connectivity index (χ1v) is 8.38. The molecule has 0 saturated carbocycles. The Morgan fingerprint density at radius 2 is 2.32 bits per heavy atom. The Balaban J connectivity index is 1.93. The van der Waals surface area contributed by atoms with Gasteiger partial charge < -0.3 is 9.73 Å². The van der Waals surface area contributed by atoms with E-state index >= 15 is 0 Å². The predicted octanol–water partition coefficient (Wildman–Crippen LogP) is 3.11. The van der Waals surface area contributed by atoms with Gasteiger partial charge in [-0.25, -0.2) is 0 Å². The highest BCUT2D eigenvalue weighted by Gasteiger charge is 2.26. The third-order valence-corrected chi connectivity index (χ3v) is 5.28. The molecule has 1 saturated heterocycles. The van der Waals surface area contributed by atoms with Crippen molar-refractivity contribution in [2.24, 2.45) is 0 Å². The van der Waals surface area contributed by atoms with Crippen molar-refractivity contribution in [3.63, 3.8) is 0 Å². The molecule has 0 aromatic carbocycles. The predicted molar refractivity (Wildman–Crippen MR) is 82.5 cm³/mol. The molecule has 2 unspecified atom stereocenters. The highest BCUT2D eigenvalue weighted by atomic mass is 32.2. The van der Waals surface area contributed by atoms with Crippen molar-refractivity contribution in [2.45, 2.75) is 51.6 Å². The second-order valence-electron chi connectivity index (χ2n) is 5.33. The van der Waals surface area contributed by atoms with E-state index in [2.05, 4.69) is 48.8 Å². The van der Waals surface area contributed by atoms with Gasteiger partial charge in [-0.1, -0.05) is 13.8 Å². The van der Waals surface area contributed by atoms with Crippen molar-refractivity contribution >= 4 is 11.8 Å². The number of nitrogens with one attached hydrogen (secondary N) is 1. The van der Waals surface area contributed by atoms with Crippen LogP contribution in [0.15, 0.2) is 16.7 Å². The van der Waals surface area contributed by atoms with Crippen LogP contribution in [0.4, 0.5) is 0 Å². The van der Waals surface area contributed by atoms with Gasteiger partial charge in [-0.15, -0.1) is 0 Å². The Kier molecular flexibility index (Phi) is 5.79. The minimum absolute atomic E-state index is 0.625. The Labute approximate surface area is 121 Å². The topological polar surface area (TPSA) is 28.4 Å². The summed E-state index contributed by atoms with van der Waals surface area (Å²) in [6.45, 7) is 10.9. The van der Waals surface area contributed by atoms with E-state index in [1.165, 1.54) is 24.3 Å². The molecule has 3 nitrogen and oxygen atoms in total. The largest absolute Gasteiger partial charge is 0.468 e. The van der Waals surface area contributed by atoms with Crippen LogP contribution in [0, 0.1) is 0 Å². The Morgan fingerprint density at radius 3 is 3.11 bits per heavy atom. The van der Waals surface area contributed by atoms with Crippen LogP contribution < -0.4 is 5.32 Å². The van der Waals surface area contributed by atoms with Crippen molar-refractivity contribution < 1.29 is 4.42 Å². The van der Waals surface area contributed by atoms with E-state index < -0.39 is 0 Å². The molecule has 0 aliphatic carbocycles. The lowest BCUT2D eigenvalue weighted by molar-refractivity contribution is 0.188. The number of furan rings is 1. The molecule has 1 fully saturated rings. The number of nitrogens with zero attached hydrogens (tertiary/aromatic N) is 1. The molecule has 0 spiro atoms. The van der Waals surface area contributed by atoms with Gasteiger partial charge in [-0.3, -0.25) is 4.90 Å². The lowest BCUT2D eigenvalue weighted by Gasteiger charge is -2.37. The second-order valence-corrected chi connectivity index (χ2v) is 6.82. The number of rotatable bonds is 6. The Bertz CT molecular complexity index is 380. The summed E-state index contributed by atoms with van der Waals surface area (Å²) >= 11 is 2.08. The van der Waals surface area contributed by atoms with Crippen molar-refractivity contribution in [1.29, 1.82) is 0 Å². The zero-order chi connectivity index (χ0) is 13.7. The standard InChI is InChI=1S/C15H26N2OS/c1-4-6-16-10-14-5-8-18-15(14)11-17-7-9-19-13(3)12(17)2/h5,8,12-13,16H,4,6-7,9-11H2,1-3H3. The van der Waals surface area contributed by atoms with E-state index in [1.807, 2.05) is 6.26 Å². The molecule has 1 aromatic heterocycles. The van der Waals surface area contributed by atoms with Gasteiger partial charge >= 0.3 is 0 Å². The normalized spacial score (nSPS) is 24.8. The molecule has 0 bridgehead atoms. The van der Waals surface area contributed by atoms with Crippen LogP contribution in [0.25, 0.3) is 0 Å². The molecular weight excluding hydrogens is 256 g/mol. The molecule has 1 aromatic rings. The quantitative estimate of drug-likeness (QED) is 0.812. The van der Waals surface area contributed by atoms with Crippen LogP contribution in [0.1, 0.15) is 38.5 Å².